The van der Waals surface area contributed by atoms with E-state index >= 15 is 0 Å². The molecule has 0 aliphatic rings. The third-order valence-electron chi connectivity index (χ3n) is 4.61. The van der Waals surface area contributed by atoms with Crippen LogP contribution in [0.2, 0.25) is 5.02 Å². The molecule has 1 amide bonds. The van der Waals surface area contributed by atoms with Crippen LogP contribution in [0.5, 0.6) is 0 Å². The van der Waals surface area contributed by atoms with Crippen LogP contribution in [-0.4, -0.2) is 22.0 Å². The molecule has 0 spiro atoms. The molecule has 0 N–H and O–H groups in total. The number of halogens is 1. The van der Waals surface area contributed by atoms with Crippen molar-refractivity contribution >= 4 is 55.5 Å². The van der Waals surface area contributed by atoms with Crippen molar-refractivity contribution in [1.82, 2.24) is 9.55 Å². The molecular formula is C21H18ClN3O2S2. The van der Waals surface area contributed by atoms with E-state index in [0.29, 0.717) is 16.7 Å². The van der Waals surface area contributed by atoms with Gasteiger partial charge in [-0.25, -0.2) is 4.98 Å². The summed E-state index contributed by atoms with van der Waals surface area (Å²) < 4.78 is 2.49. The van der Waals surface area contributed by atoms with E-state index in [-0.39, 0.29) is 17.3 Å². The second kappa shape index (κ2) is 8.10. The lowest BCUT2D eigenvalue weighted by atomic mass is 10.1. The fourth-order valence-electron chi connectivity index (χ4n) is 3.07. The van der Waals surface area contributed by atoms with Gasteiger partial charge in [0, 0.05) is 16.9 Å². The van der Waals surface area contributed by atoms with Gasteiger partial charge in [0.25, 0.3) is 0 Å². The summed E-state index contributed by atoms with van der Waals surface area (Å²) in [5, 5.41) is 3.02. The van der Waals surface area contributed by atoms with Gasteiger partial charge in [0.2, 0.25) is 5.91 Å². The molecule has 4 aromatic rings. The van der Waals surface area contributed by atoms with E-state index in [4.69, 9.17) is 11.6 Å². The molecule has 0 bridgehead atoms. The van der Waals surface area contributed by atoms with Crippen LogP contribution in [0.1, 0.15) is 12.5 Å². The predicted molar refractivity (Wildman–Crippen MR) is 121 cm³/mol. The fourth-order valence-corrected chi connectivity index (χ4v) is 5.03. The van der Waals surface area contributed by atoms with Crippen molar-refractivity contribution in [3.63, 3.8) is 0 Å². The first-order chi connectivity index (χ1) is 14.0. The number of benzene rings is 2. The number of aryl methyl sites for hydroxylation is 1. The van der Waals surface area contributed by atoms with Gasteiger partial charge in [0.1, 0.15) is 6.54 Å². The monoisotopic (exact) mass is 443 g/mol. The molecule has 29 heavy (non-hydrogen) atoms. The smallest absolute Gasteiger partial charge is 0.289 e. The van der Waals surface area contributed by atoms with Crippen LogP contribution in [0.15, 0.2) is 52.6 Å². The lowest BCUT2D eigenvalue weighted by Crippen LogP contribution is -2.35. The van der Waals surface area contributed by atoms with Crippen molar-refractivity contribution in [2.75, 3.05) is 11.4 Å². The second-order valence-corrected chi connectivity index (χ2v) is 8.85. The lowest BCUT2D eigenvalue weighted by Gasteiger charge is -2.18. The van der Waals surface area contributed by atoms with Crippen LogP contribution in [0.4, 0.5) is 5.13 Å². The molecule has 0 saturated heterocycles. The van der Waals surface area contributed by atoms with Gasteiger partial charge in [-0.05, 0) is 37.6 Å². The van der Waals surface area contributed by atoms with Gasteiger partial charge < -0.3 is 0 Å². The van der Waals surface area contributed by atoms with E-state index in [1.54, 1.807) is 16.3 Å². The molecule has 5 nitrogen and oxygen atoms in total. The van der Waals surface area contributed by atoms with E-state index in [2.05, 4.69) is 4.98 Å². The topological polar surface area (TPSA) is 55.2 Å². The number of anilines is 1. The molecule has 8 heteroatoms. The van der Waals surface area contributed by atoms with E-state index in [9.17, 15) is 9.59 Å². The van der Waals surface area contributed by atoms with Crippen molar-refractivity contribution in [2.45, 2.75) is 20.4 Å². The Bertz CT molecular complexity index is 1240. The summed E-state index contributed by atoms with van der Waals surface area (Å²) in [5.41, 5.74) is 3.57. The van der Waals surface area contributed by atoms with Crippen molar-refractivity contribution in [1.29, 1.82) is 0 Å². The molecule has 0 fully saturated rings. The second-order valence-electron chi connectivity index (χ2n) is 6.59. The van der Waals surface area contributed by atoms with Gasteiger partial charge in [0.15, 0.2) is 5.13 Å². The quantitative estimate of drug-likeness (QED) is 0.426. The highest BCUT2D eigenvalue weighted by molar-refractivity contribution is 7.22. The number of rotatable bonds is 5. The maximum absolute atomic E-state index is 13.1. The zero-order chi connectivity index (χ0) is 20.5. The number of thiazole rings is 2. The summed E-state index contributed by atoms with van der Waals surface area (Å²) in [4.78, 5) is 31.5. The standard InChI is InChI=1S/C21H18ClN3O2S2/c1-3-24(20-23-16-10-15(22)8-9-18(16)29-20)19(26)11-25-17(12-28-21(25)27)14-6-4-13(2)5-7-14/h4-10,12H,3,11H2,1-2H3. The minimum Gasteiger partial charge on any atom is -0.289 e. The van der Waals surface area contributed by atoms with Crippen molar-refractivity contribution in [2.24, 2.45) is 0 Å². The fraction of sp³-hybridized carbons (Fsp3) is 0.190. The van der Waals surface area contributed by atoms with Gasteiger partial charge in [-0.15, -0.1) is 0 Å². The summed E-state index contributed by atoms with van der Waals surface area (Å²) in [7, 11) is 0. The number of hydrogen-bond donors (Lipinski definition) is 0. The summed E-state index contributed by atoms with van der Waals surface area (Å²) >= 11 is 8.59. The van der Waals surface area contributed by atoms with Gasteiger partial charge in [-0.1, -0.05) is 64.1 Å². The lowest BCUT2D eigenvalue weighted by molar-refractivity contribution is -0.119. The average molecular weight is 444 g/mol. The van der Waals surface area contributed by atoms with Crippen molar-refractivity contribution in [3.05, 3.63) is 68.1 Å². The molecule has 2 aromatic heterocycles. The number of carbonyl (C=O) groups is 1. The number of aromatic nitrogens is 2. The van der Waals surface area contributed by atoms with Crippen LogP contribution in [0, 0.1) is 6.92 Å². The molecule has 0 unspecified atom stereocenters. The first-order valence-electron chi connectivity index (χ1n) is 9.08. The van der Waals surface area contributed by atoms with Gasteiger partial charge in [-0.2, -0.15) is 0 Å². The molecule has 0 radical (unpaired) electrons. The van der Waals surface area contributed by atoms with Gasteiger partial charge in [0.05, 0.1) is 15.9 Å². The van der Waals surface area contributed by atoms with Crippen LogP contribution >= 0.6 is 34.3 Å². The maximum atomic E-state index is 13.1. The maximum Gasteiger partial charge on any atom is 0.308 e. The highest BCUT2D eigenvalue weighted by Crippen LogP contribution is 2.31. The molecule has 0 saturated carbocycles. The SMILES string of the molecule is CCN(C(=O)Cn1c(-c2ccc(C)cc2)csc1=O)c1nc2cc(Cl)ccc2s1. The summed E-state index contributed by atoms with van der Waals surface area (Å²) in [6, 6.07) is 13.4. The largest absolute Gasteiger partial charge is 0.308 e. The molecule has 2 heterocycles. The van der Waals surface area contributed by atoms with Crippen LogP contribution in [0.3, 0.4) is 0 Å². The van der Waals surface area contributed by atoms with Gasteiger partial charge in [-0.3, -0.25) is 19.1 Å². The Kier molecular flexibility index (Phi) is 5.54. The van der Waals surface area contributed by atoms with Crippen molar-refractivity contribution in [3.8, 4) is 11.3 Å². The molecular weight excluding hydrogens is 426 g/mol. The normalized spacial score (nSPS) is 11.1. The zero-order valence-electron chi connectivity index (χ0n) is 15.9. The Morgan fingerprint density at radius 1 is 1.21 bits per heavy atom. The molecule has 0 aliphatic heterocycles. The van der Waals surface area contributed by atoms with Crippen LogP contribution < -0.4 is 9.77 Å². The number of nitrogens with zero attached hydrogens (tertiary/aromatic N) is 3. The zero-order valence-corrected chi connectivity index (χ0v) is 18.3. The Morgan fingerprint density at radius 3 is 2.69 bits per heavy atom. The third kappa shape index (κ3) is 3.99. The first-order valence-corrected chi connectivity index (χ1v) is 11.2. The molecule has 4 rings (SSSR count). The Labute approximate surface area is 180 Å². The minimum atomic E-state index is -0.175. The highest BCUT2D eigenvalue weighted by atomic mass is 35.5. The highest BCUT2D eigenvalue weighted by Gasteiger charge is 2.21. The number of carbonyl (C=O) groups excluding carboxylic acids is 1. The number of hydrogen-bond acceptors (Lipinski definition) is 5. The van der Waals surface area contributed by atoms with E-state index in [1.807, 2.05) is 50.2 Å². The minimum absolute atomic E-state index is 0.0317. The summed E-state index contributed by atoms with van der Waals surface area (Å²) in [6.07, 6.45) is 0. The Balaban J connectivity index is 1.65. The molecule has 2 aromatic carbocycles. The summed E-state index contributed by atoms with van der Waals surface area (Å²) in [6.45, 7) is 4.34. The average Bonchev–Trinajstić information content (AvgIpc) is 3.26. The van der Waals surface area contributed by atoms with E-state index in [0.717, 1.165) is 38.4 Å². The Morgan fingerprint density at radius 2 is 1.97 bits per heavy atom. The third-order valence-corrected chi connectivity index (χ3v) is 6.67. The molecule has 0 atom stereocenters. The molecule has 148 valence electrons. The number of amides is 1. The molecule has 0 aliphatic carbocycles. The van der Waals surface area contributed by atoms with E-state index < -0.39 is 0 Å². The van der Waals surface area contributed by atoms with Crippen LogP contribution in [-0.2, 0) is 11.3 Å². The number of likely N-dealkylation sites (N-methyl/N-ethyl adjacent to an activating group) is 1. The van der Waals surface area contributed by atoms with Crippen LogP contribution in [0.25, 0.3) is 21.5 Å². The summed E-state index contributed by atoms with van der Waals surface area (Å²) in [5.74, 6) is -0.175. The Hall–Kier alpha value is -2.48. The number of fused-ring (bicyclic) bond motifs is 1. The van der Waals surface area contributed by atoms with Gasteiger partial charge >= 0.3 is 4.87 Å². The van der Waals surface area contributed by atoms with Crippen molar-refractivity contribution < 1.29 is 4.79 Å². The van der Waals surface area contributed by atoms with E-state index in [1.165, 1.54) is 15.9 Å². The predicted octanol–water partition coefficient (Wildman–Crippen LogP) is 5.20. The first kappa shape index (κ1) is 19.8.